The quantitative estimate of drug-likeness (QED) is 0.806. The van der Waals surface area contributed by atoms with Crippen molar-refractivity contribution in [1.29, 1.82) is 0 Å². The molecular formula is C13H20O2. The summed E-state index contributed by atoms with van der Waals surface area (Å²) < 4.78 is 5.03. The third-order valence-electron chi connectivity index (χ3n) is 2.37. The number of aliphatic hydroxyl groups is 1. The minimum absolute atomic E-state index is 0.346. The normalized spacial score (nSPS) is 13.1. The minimum atomic E-state index is -0.346. The van der Waals surface area contributed by atoms with Crippen LogP contribution in [0.5, 0.6) is 0 Å². The third-order valence-corrected chi connectivity index (χ3v) is 2.37. The summed E-state index contributed by atoms with van der Waals surface area (Å²) in [6, 6.07) is 7.95. The van der Waals surface area contributed by atoms with Gasteiger partial charge in [-0.25, -0.2) is 0 Å². The highest BCUT2D eigenvalue weighted by Crippen LogP contribution is 2.21. The number of ether oxygens (including phenoxy) is 1. The lowest BCUT2D eigenvalue weighted by Crippen LogP contribution is -2.02. The lowest BCUT2D eigenvalue weighted by molar-refractivity contribution is 0.151. The van der Waals surface area contributed by atoms with Crippen LogP contribution >= 0.6 is 0 Å². The number of hydrogen-bond donors (Lipinski definition) is 1. The first-order valence-corrected chi connectivity index (χ1v) is 5.39. The zero-order valence-corrected chi connectivity index (χ0v) is 9.73. The van der Waals surface area contributed by atoms with Gasteiger partial charge in [0, 0.05) is 7.11 Å². The summed E-state index contributed by atoms with van der Waals surface area (Å²) in [4.78, 5) is 0. The van der Waals surface area contributed by atoms with Crippen molar-refractivity contribution in [2.45, 2.75) is 33.0 Å². The summed E-state index contributed by atoms with van der Waals surface area (Å²) in [6.45, 7) is 4.85. The zero-order chi connectivity index (χ0) is 11.3. The lowest BCUT2D eigenvalue weighted by atomic mass is 9.99. The van der Waals surface area contributed by atoms with E-state index < -0.39 is 0 Å². The van der Waals surface area contributed by atoms with Crippen LogP contribution in [0.4, 0.5) is 0 Å². The van der Waals surface area contributed by atoms with Crippen LogP contribution in [-0.4, -0.2) is 12.2 Å². The number of rotatable bonds is 5. The first-order valence-electron chi connectivity index (χ1n) is 5.39. The number of methoxy groups -OCH3 is 1. The van der Waals surface area contributed by atoms with Crippen LogP contribution in [0.3, 0.4) is 0 Å². The summed E-state index contributed by atoms with van der Waals surface area (Å²) in [7, 11) is 1.68. The van der Waals surface area contributed by atoms with Gasteiger partial charge in [0.05, 0.1) is 12.7 Å². The van der Waals surface area contributed by atoms with Crippen molar-refractivity contribution >= 4 is 0 Å². The maximum atomic E-state index is 9.88. The summed E-state index contributed by atoms with van der Waals surface area (Å²) in [6.07, 6.45) is 0.463. The lowest BCUT2D eigenvalue weighted by Gasteiger charge is -2.13. The second-order valence-corrected chi connectivity index (χ2v) is 4.32. The van der Waals surface area contributed by atoms with Gasteiger partial charge in [-0.2, -0.15) is 0 Å². The van der Waals surface area contributed by atoms with Crippen LogP contribution in [0.25, 0.3) is 0 Å². The molecule has 15 heavy (non-hydrogen) atoms. The topological polar surface area (TPSA) is 29.5 Å². The molecule has 1 rings (SSSR count). The molecule has 0 radical (unpaired) electrons. The molecule has 0 saturated heterocycles. The smallest absolute Gasteiger partial charge is 0.0792 e. The van der Waals surface area contributed by atoms with Gasteiger partial charge in [-0.1, -0.05) is 38.1 Å². The largest absolute Gasteiger partial charge is 0.388 e. The van der Waals surface area contributed by atoms with E-state index in [1.165, 1.54) is 0 Å². The second kappa shape index (κ2) is 5.89. The van der Waals surface area contributed by atoms with Crippen molar-refractivity contribution < 1.29 is 9.84 Å². The average molecular weight is 208 g/mol. The molecule has 0 aromatic heterocycles. The standard InChI is InChI=1S/C13H20O2/c1-10(2)8-13(14)12-6-4-11(5-7-12)9-15-3/h4-7,10,13-14H,8-9H2,1-3H3. The Bertz CT molecular complexity index is 277. The number of benzene rings is 1. The van der Waals surface area contributed by atoms with Gasteiger partial charge in [-0.15, -0.1) is 0 Å². The Morgan fingerprint density at radius 1 is 1.20 bits per heavy atom. The van der Waals surface area contributed by atoms with E-state index in [9.17, 15) is 5.11 Å². The van der Waals surface area contributed by atoms with E-state index in [0.29, 0.717) is 12.5 Å². The van der Waals surface area contributed by atoms with Crippen LogP contribution in [-0.2, 0) is 11.3 Å². The van der Waals surface area contributed by atoms with Gasteiger partial charge in [0.15, 0.2) is 0 Å². The SMILES string of the molecule is COCc1ccc(C(O)CC(C)C)cc1. The molecule has 0 spiro atoms. The molecule has 1 atom stereocenters. The Kier molecular flexibility index (Phi) is 4.79. The van der Waals surface area contributed by atoms with Gasteiger partial charge < -0.3 is 9.84 Å². The van der Waals surface area contributed by atoms with Crippen LogP contribution in [0, 0.1) is 5.92 Å². The van der Waals surface area contributed by atoms with Crippen molar-refractivity contribution in [2.75, 3.05) is 7.11 Å². The molecule has 1 unspecified atom stereocenters. The maximum absolute atomic E-state index is 9.88. The molecule has 1 aromatic carbocycles. The van der Waals surface area contributed by atoms with E-state index in [1.807, 2.05) is 24.3 Å². The highest BCUT2D eigenvalue weighted by Gasteiger charge is 2.09. The van der Waals surface area contributed by atoms with Crippen LogP contribution < -0.4 is 0 Å². The molecule has 0 aliphatic heterocycles. The highest BCUT2D eigenvalue weighted by atomic mass is 16.5. The molecule has 0 bridgehead atoms. The number of aliphatic hydroxyl groups excluding tert-OH is 1. The fourth-order valence-corrected chi connectivity index (χ4v) is 1.59. The average Bonchev–Trinajstić information content (AvgIpc) is 2.18. The Balaban J connectivity index is 2.62. The highest BCUT2D eigenvalue weighted by molar-refractivity contribution is 5.23. The predicted molar refractivity (Wildman–Crippen MR) is 61.6 cm³/mol. The summed E-state index contributed by atoms with van der Waals surface area (Å²) in [5.41, 5.74) is 2.13. The summed E-state index contributed by atoms with van der Waals surface area (Å²) in [5, 5.41) is 9.88. The van der Waals surface area contributed by atoms with Crippen molar-refractivity contribution in [3.05, 3.63) is 35.4 Å². The van der Waals surface area contributed by atoms with E-state index in [2.05, 4.69) is 13.8 Å². The van der Waals surface area contributed by atoms with Crippen LogP contribution in [0.15, 0.2) is 24.3 Å². The van der Waals surface area contributed by atoms with Crippen LogP contribution in [0.2, 0.25) is 0 Å². The van der Waals surface area contributed by atoms with E-state index in [1.54, 1.807) is 7.11 Å². The van der Waals surface area contributed by atoms with Crippen molar-refractivity contribution in [3.63, 3.8) is 0 Å². The van der Waals surface area contributed by atoms with Gasteiger partial charge in [0.1, 0.15) is 0 Å². The maximum Gasteiger partial charge on any atom is 0.0792 e. The van der Waals surface area contributed by atoms with Crippen LogP contribution in [0.1, 0.15) is 37.5 Å². The van der Waals surface area contributed by atoms with Gasteiger partial charge in [0.2, 0.25) is 0 Å². The number of hydrogen-bond acceptors (Lipinski definition) is 2. The van der Waals surface area contributed by atoms with Gasteiger partial charge in [-0.05, 0) is 23.5 Å². The molecule has 2 nitrogen and oxygen atoms in total. The molecule has 0 aliphatic carbocycles. The molecule has 0 aliphatic rings. The molecule has 0 amide bonds. The zero-order valence-electron chi connectivity index (χ0n) is 9.73. The molecule has 84 valence electrons. The molecule has 1 N–H and O–H groups in total. The van der Waals surface area contributed by atoms with E-state index in [0.717, 1.165) is 17.5 Å². The summed E-state index contributed by atoms with van der Waals surface area (Å²) in [5.74, 6) is 0.513. The van der Waals surface area contributed by atoms with E-state index in [-0.39, 0.29) is 6.10 Å². The predicted octanol–water partition coefficient (Wildman–Crippen LogP) is 2.91. The Labute approximate surface area is 91.9 Å². The Morgan fingerprint density at radius 3 is 2.27 bits per heavy atom. The monoisotopic (exact) mass is 208 g/mol. The molecular weight excluding hydrogens is 188 g/mol. The first-order chi connectivity index (χ1) is 7.13. The third kappa shape index (κ3) is 4.02. The summed E-state index contributed by atoms with van der Waals surface area (Å²) >= 11 is 0. The fraction of sp³-hybridized carbons (Fsp3) is 0.538. The molecule has 2 heteroatoms. The van der Waals surface area contributed by atoms with Crippen molar-refractivity contribution in [1.82, 2.24) is 0 Å². The van der Waals surface area contributed by atoms with Gasteiger partial charge >= 0.3 is 0 Å². The molecule has 0 saturated carbocycles. The Morgan fingerprint density at radius 2 is 1.80 bits per heavy atom. The molecule has 0 fully saturated rings. The van der Waals surface area contributed by atoms with Crippen molar-refractivity contribution in [2.24, 2.45) is 5.92 Å². The fourth-order valence-electron chi connectivity index (χ4n) is 1.59. The first kappa shape index (κ1) is 12.2. The van der Waals surface area contributed by atoms with Gasteiger partial charge in [-0.3, -0.25) is 0 Å². The second-order valence-electron chi connectivity index (χ2n) is 4.32. The minimum Gasteiger partial charge on any atom is -0.388 e. The molecule has 1 aromatic rings. The van der Waals surface area contributed by atoms with Crippen molar-refractivity contribution in [3.8, 4) is 0 Å². The molecule has 0 heterocycles. The Hall–Kier alpha value is -0.860. The van der Waals surface area contributed by atoms with E-state index in [4.69, 9.17) is 4.74 Å². The van der Waals surface area contributed by atoms with Gasteiger partial charge in [0.25, 0.3) is 0 Å². The van der Waals surface area contributed by atoms with E-state index >= 15 is 0 Å².